The van der Waals surface area contributed by atoms with E-state index in [-0.39, 0.29) is 11.7 Å². The summed E-state index contributed by atoms with van der Waals surface area (Å²) in [5.41, 5.74) is 0. The summed E-state index contributed by atoms with van der Waals surface area (Å²) in [4.78, 5) is 10.8. The first-order chi connectivity index (χ1) is 5.16. The molecule has 0 aromatic heterocycles. The van der Waals surface area contributed by atoms with Crippen molar-refractivity contribution in [3.05, 3.63) is 0 Å². The Balaban J connectivity index is 3.30. The molecule has 0 spiro atoms. The third-order valence-electron chi connectivity index (χ3n) is 1.19. The number of amides is 1. The van der Waals surface area contributed by atoms with E-state index in [1.165, 1.54) is 6.26 Å². The maximum absolute atomic E-state index is 10.8. The smallest absolute Gasteiger partial charge is 0.232 e. The molecule has 1 atom stereocenters. The highest BCUT2D eigenvalue weighted by Gasteiger charge is 2.01. The summed E-state index contributed by atoms with van der Waals surface area (Å²) in [6, 6.07) is 0. The molecule has 0 aliphatic heterocycles. The molecule has 0 radical (unpaired) electrons. The first-order valence-electron chi connectivity index (χ1n) is 3.73. The molecule has 0 saturated heterocycles. The van der Waals surface area contributed by atoms with Crippen molar-refractivity contribution in [3.63, 3.8) is 0 Å². The van der Waals surface area contributed by atoms with Crippen LogP contribution in [-0.2, 0) is 15.6 Å². The molecule has 0 bridgehead atoms. The predicted molar refractivity (Wildman–Crippen MR) is 46.9 cm³/mol. The second kappa shape index (κ2) is 6.34. The molecule has 4 heteroatoms. The number of carbonyl (C=O) groups excluding carboxylic acids is 1. The van der Waals surface area contributed by atoms with E-state index < -0.39 is 10.8 Å². The van der Waals surface area contributed by atoms with Crippen LogP contribution in [0.15, 0.2) is 0 Å². The fourth-order valence-electron chi connectivity index (χ4n) is 0.640. The van der Waals surface area contributed by atoms with Crippen molar-refractivity contribution >= 4 is 16.7 Å². The molecule has 0 aromatic rings. The average molecular weight is 177 g/mol. The van der Waals surface area contributed by atoms with Crippen molar-refractivity contribution in [2.45, 2.75) is 19.8 Å². The van der Waals surface area contributed by atoms with Crippen LogP contribution >= 0.6 is 0 Å². The van der Waals surface area contributed by atoms with Gasteiger partial charge in [-0.05, 0) is 6.42 Å². The normalized spacial score (nSPS) is 12.5. The summed E-state index contributed by atoms with van der Waals surface area (Å²) in [6.45, 7) is 2.76. The molecule has 1 amide bonds. The van der Waals surface area contributed by atoms with E-state index in [9.17, 15) is 9.00 Å². The zero-order valence-corrected chi connectivity index (χ0v) is 7.87. The summed E-state index contributed by atoms with van der Waals surface area (Å²) in [5.74, 6) is 0.0169. The van der Waals surface area contributed by atoms with Gasteiger partial charge < -0.3 is 5.32 Å². The zero-order chi connectivity index (χ0) is 8.69. The second-order valence-electron chi connectivity index (χ2n) is 2.42. The molecule has 1 unspecified atom stereocenters. The van der Waals surface area contributed by atoms with Crippen molar-refractivity contribution in [1.82, 2.24) is 5.32 Å². The lowest BCUT2D eigenvalue weighted by Gasteiger charge is -2.00. The van der Waals surface area contributed by atoms with Crippen LogP contribution in [0.3, 0.4) is 0 Å². The van der Waals surface area contributed by atoms with Crippen LogP contribution in [0.4, 0.5) is 0 Å². The van der Waals surface area contributed by atoms with Crippen molar-refractivity contribution in [2.24, 2.45) is 0 Å². The first kappa shape index (κ1) is 10.6. The van der Waals surface area contributed by atoms with Crippen molar-refractivity contribution in [3.8, 4) is 0 Å². The van der Waals surface area contributed by atoms with Gasteiger partial charge in [-0.15, -0.1) is 0 Å². The lowest BCUT2D eigenvalue weighted by molar-refractivity contribution is -0.118. The van der Waals surface area contributed by atoms with E-state index >= 15 is 0 Å². The SMILES string of the molecule is CCCCNC(=O)CS(C)=O. The number of rotatable bonds is 5. The van der Waals surface area contributed by atoms with Gasteiger partial charge in [0.25, 0.3) is 0 Å². The minimum atomic E-state index is -1.01. The average Bonchev–Trinajstić information content (AvgIpc) is 1.86. The van der Waals surface area contributed by atoms with E-state index in [0.29, 0.717) is 6.54 Å². The molecule has 66 valence electrons. The number of hydrogen-bond acceptors (Lipinski definition) is 2. The Hall–Kier alpha value is -0.380. The Bertz CT molecular complexity index is 147. The number of unbranched alkanes of at least 4 members (excludes halogenated alkanes) is 1. The molecule has 0 saturated carbocycles. The maximum atomic E-state index is 10.8. The highest BCUT2D eigenvalue weighted by atomic mass is 32.2. The third kappa shape index (κ3) is 7.52. The molecular weight excluding hydrogens is 162 g/mol. The van der Waals surface area contributed by atoms with Gasteiger partial charge in [0.1, 0.15) is 5.75 Å². The van der Waals surface area contributed by atoms with Gasteiger partial charge in [-0.3, -0.25) is 9.00 Å². The molecule has 0 heterocycles. The van der Waals surface area contributed by atoms with Crippen LogP contribution in [-0.4, -0.2) is 28.7 Å². The van der Waals surface area contributed by atoms with E-state index in [0.717, 1.165) is 12.8 Å². The monoisotopic (exact) mass is 177 g/mol. The zero-order valence-electron chi connectivity index (χ0n) is 7.05. The van der Waals surface area contributed by atoms with Gasteiger partial charge in [-0.2, -0.15) is 0 Å². The van der Waals surface area contributed by atoms with Crippen LogP contribution in [0.25, 0.3) is 0 Å². The Morgan fingerprint density at radius 3 is 2.64 bits per heavy atom. The van der Waals surface area contributed by atoms with Crippen LogP contribution in [0, 0.1) is 0 Å². The van der Waals surface area contributed by atoms with Gasteiger partial charge in [0.15, 0.2) is 0 Å². The van der Waals surface area contributed by atoms with Crippen molar-refractivity contribution < 1.29 is 9.00 Å². The number of nitrogens with one attached hydrogen (secondary N) is 1. The van der Waals surface area contributed by atoms with Gasteiger partial charge in [0, 0.05) is 23.6 Å². The predicted octanol–water partition coefficient (Wildman–Crippen LogP) is 0.281. The van der Waals surface area contributed by atoms with E-state index in [4.69, 9.17) is 0 Å². The van der Waals surface area contributed by atoms with Crippen LogP contribution in [0.2, 0.25) is 0 Å². The summed E-state index contributed by atoms with van der Waals surface area (Å²) in [7, 11) is -1.01. The topological polar surface area (TPSA) is 46.2 Å². The Morgan fingerprint density at radius 2 is 2.18 bits per heavy atom. The van der Waals surface area contributed by atoms with Gasteiger partial charge in [-0.1, -0.05) is 13.3 Å². The second-order valence-corrected chi connectivity index (χ2v) is 3.86. The summed E-state index contributed by atoms with van der Waals surface area (Å²) < 4.78 is 10.5. The van der Waals surface area contributed by atoms with E-state index in [2.05, 4.69) is 12.2 Å². The lowest BCUT2D eigenvalue weighted by atomic mass is 10.3. The fourth-order valence-corrected chi connectivity index (χ4v) is 1.11. The molecular formula is C7H15NO2S. The Morgan fingerprint density at radius 1 is 1.55 bits per heavy atom. The van der Waals surface area contributed by atoms with Crippen molar-refractivity contribution in [2.75, 3.05) is 18.6 Å². The Kier molecular flexibility index (Phi) is 6.12. The van der Waals surface area contributed by atoms with Crippen LogP contribution in [0.5, 0.6) is 0 Å². The first-order valence-corrected chi connectivity index (χ1v) is 5.46. The summed E-state index contributed by atoms with van der Waals surface area (Å²) >= 11 is 0. The minimum absolute atomic E-state index is 0.112. The molecule has 1 N–H and O–H groups in total. The molecule has 11 heavy (non-hydrogen) atoms. The molecule has 0 fully saturated rings. The summed E-state index contributed by atoms with van der Waals surface area (Å²) in [6.07, 6.45) is 3.58. The van der Waals surface area contributed by atoms with Gasteiger partial charge >= 0.3 is 0 Å². The number of hydrogen-bond donors (Lipinski definition) is 1. The Labute approximate surface area is 70.0 Å². The van der Waals surface area contributed by atoms with Crippen molar-refractivity contribution in [1.29, 1.82) is 0 Å². The molecule has 0 aliphatic carbocycles. The fraction of sp³-hybridized carbons (Fsp3) is 0.857. The van der Waals surface area contributed by atoms with Crippen LogP contribution < -0.4 is 5.32 Å². The molecule has 0 aliphatic rings. The molecule has 0 aromatic carbocycles. The summed E-state index contributed by atoms with van der Waals surface area (Å²) in [5, 5.41) is 2.68. The quantitative estimate of drug-likeness (QED) is 0.613. The molecule has 0 rings (SSSR count). The maximum Gasteiger partial charge on any atom is 0.232 e. The van der Waals surface area contributed by atoms with Gasteiger partial charge in [0.2, 0.25) is 5.91 Å². The third-order valence-corrected chi connectivity index (χ3v) is 1.86. The lowest BCUT2D eigenvalue weighted by Crippen LogP contribution is -2.28. The van der Waals surface area contributed by atoms with E-state index in [1.807, 2.05) is 0 Å². The minimum Gasteiger partial charge on any atom is -0.355 e. The van der Waals surface area contributed by atoms with E-state index in [1.54, 1.807) is 0 Å². The highest BCUT2D eigenvalue weighted by molar-refractivity contribution is 7.85. The molecule has 3 nitrogen and oxygen atoms in total. The van der Waals surface area contributed by atoms with Gasteiger partial charge in [0.05, 0.1) is 0 Å². The highest BCUT2D eigenvalue weighted by Crippen LogP contribution is 1.82. The largest absolute Gasteiger partial charge is 0.355 e. The number of carbonyl (C=O) groups is 1. The van der Waals surface area contributed by atoms with Crippen LogP contribution in [0.1, 0.15) is 19.8 Å². The standard InChI is InChI=1S/C7H15NO2S/c1-3-4-5-8-7(9)6-11(2)10/h3-6H2,1-2H3,(H,8,9). The van der Waals surface area contributed by atoms with Gasteiger partial charge in [-0.25, -0.2) is 0 Å².